The molecule has 1 aliphatic rings. The van der Waals surface area contributed by atoms with Gasteiger partial charge in [-0.05, 0) is 36.1 Å². The molecule has 1 saturated heterocycles. The standard InChI is InChI=1S/C16H17ClN2O3S3/c1-11-12(17)3-2-4-13(11)18-16(20)15-14(5-8-24-15)25(21,22)19-6-9-23-10-7-19/h2-5,8H,6-7,9-10H2,1H3,(H,18,20). The zero-order valence-electron chi connectivity index (χ0n) is 13.5. The first-order valence-corrected chi connectivity index (χ1v) is 11.5. The number of benzene rings is 1. The van der Waals surface area contributed by atoms with E-state index in [2.05, 4.69) is 5.32 Å². The van der Waals surface area contributed by atoms with Crippen molar-refractivity contribution in [2.75, 3.05) is 29.9 Å². The van der Waals surface area contributed by atoms with Gasteiger partial charge in [0.2, 0.25) is 10.0 Å². The van der Waals surface area contributed by atoms with Crippen molar-refractivity contribution < 1.29 is 13.2 Å². The van der Waals surface area contributed by atoms with E-state index in [1.54, 1.807) is 42.3 Å². The number of sulfonamides is 1. The number of halogens is 1. The Morgan fingerprint density at radius 3 is 2.68 bits per heavy atom. The van der Waals surface area contributed by atoms with Gasteiger partial charge < -0.3 is 5.32 Å². The highest BCUT2D eigenvalue weighted by atomic mass is 35.5. The molecule has 1 aromatic heterocycles. The Balaban J connectivity index is 1.88. The number of amides is 1. The van der Waals surface area contributed by atoms with Crippen LogP contribution in [-0.2, 0) is 10.0 Å². The molecule has 1 amide bonds. The second-order valence-electron chi connectivity index (χ2n) is 5.50. The average Bonchev–Trinajstić information content (AvgIpc) is 3.10. The van der Waals surface area contributed by atoms with Crippen LogP contribution in [0.5, 0.6) is 0 Å². The van der Waals surface area contributed by atoms with E-state index in [0.29, 0.717) is 23.8 Å². The number of thioether (sulfide) groups is 1. The third-order valence-electron chi connectivity index (χ3n) is 3.94. The van der Waals surface area contributed by atoms with Crippen LogP contribution < -0.4 is 5.32 Å². The SMILES string of the molecule is Cc1c(Cl)cccc1NC(=O)c1sccc1S(=O)(=O)N1CCSCC1. The number of anilines is 1. The third kappa shape index (κ3) is 3.88. The van der Waals surface area contributed by atoms with Gasteiger partial charge in [-0.25, -0.2) is 8.42 Å². The largest absolute Gasteiger partial charge is 0.321 e. The van der Waals surface area contributed by atoms with Crippen LogP contribution in [0.4, 0.5) is 5.69 Å². The van der Waals surface area contributed by atoms with E-state index in [-0.39, 0.29) is 9.77 Å². The first-order valence-electron chi connectivity index (χ1n) is 7.63. The minimum Gasteiger partial charge on any atom is -0.321 e. The Kier molecular flexibility index (Phi) is 5.75. The fourth-order valence-corrected chi connectivity index (χ4v) is 6.56. The summed E-state index contributed by atoms with van der Waals surface area (Å²) in [6, 6.07) is 6.72. The number of thiophene rings is 1. The molecule has 0 radical (unpaired) electrons. The van der Waals surface area contributed by atoms with Gasteiger partial charge in [0.25, 0.3) is 5.91 Å². The highest BCUT2D eigenvalue weighted by Crippen LogP contribution is 2.29. The lowest BCUT2D eigenvalue weighted by Crippen LogP contribution is -2.38. The summed E-state index contributed by atoms with van der Waals surface area (Å²) in [5.41, 5.74) is 1.31. The van der Waals surface area contributed by atoms with Crippen molar-refractivity contribution in [3.63, 3.8) is 0 Å². The number of carbonyl (C=O) groups is 1. The number of hydrogen-bond donors (Lipinski definition) is 1. The second kappa shape index (κ2) is 7.67. The van der Waals surface area contributed by atoms with E-state index < -0.39 is 15.9 Å². The minimum absolute atomic E-state index is 0.0709. The molecular formula is C16H17ClN2O3S3. The molecule has 0 saturated carbocycles. The summed E-state index contributed by atoms with van der Waals surface area (Å²) >= 11 is 8.93. The predicted octanol–water partition coefficient (Wildman–Crippen LogP) is 3.70. The van der Waals surface area contributed by atoms with E-state index >= 15 is 0 Å². The molecule has 0 spiro atoms. The Hall–Kier alpha value is -1.06. The van der Waals surface area contributed by atoms with Gasteiger partial charge in [0.15, 0.2) is 0 Å². The lowest BCUT2D eigenvalue weighted by molar-refractivity contribution is 0.102. The summed E-state index contributed by atoms with van der Waals surface area (Å²) in [6.45, 7) is 2.74. The fraction of sp³-hybridized carbons (Fsp3) is 0.312. The number of rotatable bonds is 4. The van der Waals surface area contributed by atoms with E-state index in [0.717, 1.165) is 28.4 Å². The molecule has 3 rings (SSSR count). The van der Waals surface area contributed by atoms with E-state index in [9.17, 15) is 13.2 Å². The molecule has 2 aromatic rings. The van der Waals surface area contributed by atoms with Crippen LogP contribution in [0.2, 0.25) is 5.02 Å². The fourth-order valence-electron chi connectivity index (χ4n) is 2.51. The van der Waals surface area contributed by atoms with Crippen LogP contribution in [0, 0.1) is 6.92 Å². The smallest absolute Gasteiger partial charge is 0.267 e. The van der Waals surface area contributed by atoms with Crippen LogP contribution in [0.3, 0.4) is 0 Å². The molecule has 9 heteroatoms. The highest BCUT2D eigenvalue weighted by molar-refractivity contribution is 7.99. The van der Waals surface area contributed by atoms with E-state index in [1.165, 1.54) is 10.4 Å². The molecule has 134 valence electrons. The second-order valence-corrected chi connectivity index (χ2v) is 9.95. The molecule has 0 aliphatic carbocycles. The normalized spacial score (nSPS) is 15.9. The summed E-state index contributed by atoms with van der Waals surface area (Å²) in [6.07, 6.45) is 0. The van der Waals surface area contributed by atoms with E-state index in [1.807, 2.05) is 0 Å². The van der Waals surface area contributed by atoms with Gasteiger partial charge in [-0.1, -0.05) is 17.7 Å². The maximum Gasteiger partial charge on any atom is 0.267 e. The molecule has 5 nitrogen and oxygen atoms in total. The molecule has 1 fully saturated rings. The maximum atomic E-state index is 12.9. The predicted molar refractivity (Wildman–Crippen MR) is 105 cm³/mol. The van der Waals surface area contributed by atoms with Gasteiger partial charge in [0.05, 0.1) is 0 Å². The first kappa shape index (κ1) is 18.7. The Morgan fingerprint density at radius 2 is 1.96 bits per heavy atom. The van der Waals surface area contributed by atoms with Crippen molar-refractivity contribution >= 4 is 56.3 Å². The van der Waals surface area contributed by atoms with Gasteiger partial charge in [-0.15, -0.1) is 11.3 Å². The summed E-state index contributed by atoms with van der Waals surface area (Å²) in [5, 5.41) is 4.94. The van der Waals surface area contributed by atoms with Gasteiger partial charge in [0, 0.05) is 35.3 Å². The molecule has 0 unspecified atom stereocenters. The summed E-state index contributed by atoms with van der Waals surface area (Å²) in [5.74, 6) is 1.10. The van der Waals surface area contributed by atoms with E-state index in [4.69, 9.17) is 11.6 Å². The topological polar surface area (TPSA) is 66.5 Å². The van der Waals surface area contributed by atoms with Gasteiger partial charge >= 0.3 is 0 Å². The first-order chi connectivity index (χ1) is 11.9. The van der Waals surface area contributed by atoms with Gasteiger partial charge in [-0.3, -0.25) is 4.79 Å². The van der Waals surface area contributed by atoms with Crippen molar-refractivity contribution in [3.8, 4) is 0 Å². The maximum absolute atomic E-state index is 12.9. The van der Waals surface area contributed by atoms with Crippen molar-refractivity contribution in [1.29, 1.82) is 0 Å². The molecule has 0 bridgehead atoms. The zero-order valence-corrected chi connectivity index (χ0v) is 16.7. The molecule has 0 atom stereocenters. The number of nitrogens with one attached hydrogen (secondary N) is 1. The summed E-state index contributed by atoms with van der Waals surface area (Å²) in [7, 11) is -3.66. The highest BCUT2D eigenvalue weighted by Gasteiger charge is 2.31. The molecule has 1 aromatic carbocycles. The van der Waals surface area contributed by atoms with Gasteiger partial charge in [0.1, 0.15) is 9.77 Å². The van der Waals surface area contributed by atoms with Crippen LogP contribution in [0.1, 0.15) is 15.2 Å². The van der Waals surface area contributed by atoms with Crippen molar-refractivity contribution in [2.24, 2.45) is 0 Å². The van der Waals surface area contributed by atoms with Crippen LogP contribution >= 0.6 is 34.7 Å². The van der Waals surface area contributed by atoms with Crippen molar-refractivity contribution in [3.05, 3.63) is 45.1 Å². The monoisotopic (exact) mass is 416 g/mol. The quantitative estimate of drug-likeness (QED) is 0.825. The number of hydrogen-bond acceptors (Lipinski definition) is 5. The Bertz CT molecular complexity index is 890. The Labute approximate surface area is 160 Å². The molecule has 2 heterocycles. The number of nitrogens with zero attached hydrogens (tertiary/aromatic N) is 1. The lowest BCUT2D eigenvalue weighted by atomic mass is 10.2. The number of carbonyl (C=O) groups excluding carboxylic acids is 1. The molecular weight excluding hydrogens is 400 g/mol. The van der Waals surface area contributed by atoms with Crippen LogP contribution in [-0.4, -0.2) is 43.2 Å². The molecule has 1 aliphatic heterocycles. The van der Waals surface area contributed by atoms with Crippen LogP contribution in [0.15, 0.2) is 34.5 Å². The summed E-state index contributed by atoms with van der Waals surface area (Å²) in [4.78, 5) is 12.9. The zero-order chi connectivity index (χ0) is 18.0. The van der Waals surface area contributed by atoms with Crippen LogP contribution in [0.25, 0.3) is 0 Å². The average molecular weight is 417 g/mol. The third-order valence-corrected chi connectivity index (χ3v) is 8.27. The van der Waals surface area contributed by atoms with Crippen molar-refractivity contribution in [1.82, 2.24) is 4.31 Å². The summed E-state index contributed by atoms with van der Waals surface area (Å²) < 4.78 is 27.2. The molecule has 25 heavy (non-hydrogen) atoms. The minimum atomic E-state index is -3.66. The van der Waals surface area contributed by atoms with Gasteiger partial charge in [-0.2, -0.15) is 16.1 Å². The Morgan fingerprint density at radius 1 is 1.24 bits per heavy atom. The molecule has 1 N–H and O–H groups in total. The lowest BCUT2D eigenvalue weighted by Gasteiger charge is -2.25. The van der Waals surface area contributed by atoms with Crippen molar-refractivity contribution in [2.45, 2.75) is 11.8 Å².